The Morgan fingerprint density at radius 3 is 1.19 bits per heavy atom. The second kappa shape index (κ2) is 16.9. The molecule has 11 aromatic carbocycles. The van der Waals surface area contributed by atoms with Gasteiger partial charge in [-0.2, -0.15) is 0 Å². The minimum absolute atomic E-state index is 0.901. The fourth-order valence-corrected chi connectivity index (χ4v) is 10.2. The van der Waals surface area contributed by atoms with E-state index in [1.807, 2.05) is 12.1 Å². The van der Waals surface area contributed by atoms with Crippen molar-refractivity contribution in [3.8, 4) is 61.3 Å². The lowest BCUT2D eigenvalue weighted by Gasteiger charge is -2.26. The summed E-state index contributed by atoms with van der Waals surface area (Å²) in [5.74, 6) is 0. The second-order valence-corrected chi connectivity index (χ2v) is 17.7. The lowest BCUT2D eigenvalue weighted by molar-refractivity contribution is 0.669. The van der Waals surface area contributed by atoms with E-state index in [1.165, 1.54) is 66.4 Å². The van der Waals surface area contributed by atoms with E-state index in [-0.39, 0.29) is 0 Å². The highest BCUT2D eigenvalue weighted by Crippen LogP contribution is 2.41. The highest BCUT2D eigenvalue weighted by molar-refractivity contribution is 6.10. The van der Waals surface area contributed by atoms with E-state index in [0.717, 1.165) is 55.7 Å². The molecule has 13 aromatic rings. The Kier molecular flexibility index (Phi) is 9.84. The summed E-state index contributed by atoms with van der Waals surface area (Å²) in [6.07, 6.45) is 0. The van der Waals surface area contributed by atoms with Crippen LogP contribution in [0.5, 0.6) is 0 Å². The smallest absolute Gasteiger partial charge is 0.135 e. The molecule has 0 aliphatic heterocycles. The quantitative estimate of drug-likeness (QED) is 0.144. The molecule has 0 N–H and O–H groups in total. The van der Waals surface area contributed by atoms with Crippen LogP contribution >= 0.6 is 0 Å². The van der Waals surface area contributed by atoms with Crippen LogP contribution in [0.3, 0.4) is 0 Å². The van der Waals surface area contributed by atoms with E-state index in [0.29, 0.717) is 0 Å². The zero-order chi connectivity index (χ0) is 45.7. The van der Waals surface area contributed by atoms with Crippen LogP contribution in [0.25, 0.3) is 105 Å². The van der Waals surface area contributed by atoms with Crippen molar-refractivity contribution < 1.29 is 4.42 Å². The van der Waals surface area contributed by atoms with Crippen molar-refractivity contribution in [2.75, 3.05) is 4.90 Å². The van der Waals surface area contributed by atoms with Gasteiger partial charge in [0.05, 0.1) is 16.7 Å². The normalized spacial score (nSPS) is 11.5. The molecule has 0 fully saturated rings. The van der Waals surface area contributed by atoms with E-state index in [2.05, 4.69) is 264 Å². The largest absolute Gasteiger partial charge is 0.456 e. The Bertz CT molecular complexity index is 3910. The number of para-hydroxylation sites is 4. The molecule has 0 amide bonds. The molecule has 13 rings (SSSR count). The molecule has 0 atom stereocenters. The van der Waals surface area contributed by atoms with Gasteiger partial charge < -0.3 is 13.9 Å². The standard InChI is InChI=1S/C66H44N2O/c1-2-12-45(13-3-1)46-22-24-47(25-23-46)49-30-37-54(38-31-49)67(56-41-34-51(35-42-56)53-36-43-66-61(44-53)60-17-7-11-21-65(60)69-66)55-39-32-50(33-40-55)48-26-28-52(29-27-48)57-14-4-8-18-62(57)68-63-19-9-5-15-58(63)59-16-6-10-20-64(59)68/h1-44H. The average Bonchev–Trinajstić information content (AvgIpc) is 3.97. The Balaban J connectivity index is 0.827. The van der Waals surface area contributed by atoms with Gasteiger partial charge in [-0.15, -0.1) is 0 Å². The molecule has 0 saturated carbocycles. The monoisotopic (exact) mass is 880 g/mol. The number of nitrogens with zero attached hydrogens (tertiary/aromatic N) is 2. The summed E-state index contributed by atoms with van der Waals surface area (Å²) >= 11 is 0. The summed E-state index contributed by atoms with van der Waals surface area (Å²) < 4.78 is 8.55. The Morgan fingerprint density at radius 1 is 0.261 bits per heavy atom. The molecule has 0 unspecified atom stereocenters. The van der Waals surface area contributed by atoms with E-state index < -0.39 is 0 Å². The van der Waals surface area contributed by atoms with E-state index >= 15 is 0 Å². The molecule has 0 saturated heterocycles. The Hall–Kier alpha value is -9.18. The second-order valence-electron chi connectivity index (χ2n) is 17.7. The maximum Gasteiger partial charge on any atom is 0.135 e. The molecule has 0 radical (unpaired) electrons. The summed E-state index contributed by atoms with van der Waals surface area (Å²) in [6.45, 7) is 0. The zero-order valence-corrected chi connectivity index (χ0v) is 37.7. The lowest BCUT2D eigenvalue weighted by atomic mass is 9.98. The van der Waals surface area contributed by atoms with Crippen LogP contribution in [0, 0.1) is 0 Å². The number of benzene rings is 11. The van der Waals surface area contributed by atoms with Crippen LogP contribution in [0.4, 0.5) is 17.1 Å². The average molecular weight is 881 g/mol. The third-order valence-corrected chi connectivity index (χ3v) is 13.7. The van der Waals surface area contributed by atoms with Crippen molar-refractivity contribution in [1.29, 1.82) is 0 Å². The summed E-state index contributed by atoms with van der Waals surface area (Å²) in [5.41, 5.74) is 20.4. The molecule has 0 spiro atoms. The third-order valence-electron chi connectivity index (χ3n) is 13.7. The first-order chi connectivity index (χ1) is 34.2. The first-order valence-electron chi connectivity index (χ1n) is 23.6. The van der Waals surface area contributed by atoms with Gasteiger partial charge in [-0.1, -0.05) is 194 Å². The molecular weight excluding hydrogens is 837 g/mol. The molecular formula is C66H44N2O. The molecule has 0 bridgehead atoms. The molecule has 69 heavy (non-hydrogen) atoms. The highest BCUT2D eigenvalue weighted by atomic mass is 16.3. The van der Waals surface area contributed by atoms with Crippen molar-refractivity contribution in [2.24, 2.45) is 0 Å². The minimum Gasteiger partial charge on any atom is -0.456 e. The van der Waals surface area contributed by atoms with Gasteiger partial charge >= 0.3 is 0 Å². The Labute approximate surface area is 401 Å². The van der Waals surface area contributed by atoms with Crippen LogP contribution in [0.2, 0.25) is 0 Å². The SMILES string of the molecule is c1ccc(-c2ccc(-c3ccc(N(c4ccc(-c5ccc(-c6ccccc6-n6c7ccccc7c7ccccc76)cc5)cc4)c4ccc(-c5ccc6oc7ccccc7c6c5)cc4)cc3)cc2)cc1. The zero-order valence-electron chi connectivity index (χ0n) is 37.7. The fourth-order valence-electron chi connectivity index (χ4n) is 10.2. The number of aromatic nitrogens is 1. The molecule has 3 heteroatoms. The van der Waals surface area contributed by atoms with Crippen LogP contribution in [0.1, 0.15) is 0 Å². The highest BCUT2D eigenvalue weighted by Gasteiger charge is 2.17. The van der Waals surface area contributed by atoms with Gasteiger partial charge in [0.25, 0.3) is 0 Å². The molecule has 3 nitrogen and oxygen atoms in total. The predicted molar refractivity (Wildman–Crippen MR) is 290 cm³/mol. The first-order valence-corrected chi connectivity index (χ1v) is 23.6. The molecule has 324 valence electrons. The van der Waals surface area contributed by atoms with Crippen molar-refractivity contribution in [2.45, 2.75) is 0 Å². The topological polar surface area (TPSA) is 21.3 Å². The maximum absolute atomic E-state index is 6.14. The maximum atomic E-state index is 6.14. The summed E-state index contributed by atoms with van der Waals surface area (Å²) in [6, 6.07) is 96.1. The van der Waals surface area contributed by atoms with Crippen LogP contribution in [-0.2, 0) is 0 Å². The molecule has 0 aliphatic rings. The van der Waals surface area contributed by atoms with Gasteiger partial charge in [-0.05, 0) is 123 Å². The van der Waals surface area contributed by atoms with E-state index in [4.69, 9.17) is 4.42 Å². The van der Waals surface area contributed by atoms with Gasteiger partial charge in [0.15, 0.2) is 0 Å². The summed E-state index contributed by atoms with van der Waals surface area (Å²) in [5, 5.41) is 4.78. The summed E-state index contributed by atoms with van der Waals surface area (Å²) in [7, 11) is 0. The van der Waals surface area contributed by atoms with Crippen LogP contribution < -0.4 is 4.90 Å². The van der Waals surface area contributed by atoms with E-state index in [9.17, 15) is 0 Å². The number of furan rings is 1. The number of fused-ring (bicyclic) bond motifs is 6. The predicted octanol–water partition coefficient (Wildman–Crippen LogP) is 18.5. The van der Waals surface area contributed by atoms with Gasteiger partial charge in [-0.3, -0.25) is 0 Å². The Morgan fingerprint density at radius 2 is 0.638 bits per heavy atom. The van der Waals surface area contributed by atoms with Gasteiger partial charge in [0.1, 0.15) is 11.2 Å². The van der Waals surface area contributed by atoms with Gasteiger partial charge in [0, 0.05) is 44.2 Å². The van der Waals surface area contributed by atoms with Crippen molar-refractivity contribution >= 4 is 60.8 Å². The molecule has 2 aromatic heterocycles. The molecule has 2 heterocycles. The third kappa shape index (κ3) is 7.25. The van der Waals surface area contributed by atoms with E-state index in [1.54, 1.807) is 0 Å². The molecule has 0 aliphatic carbocycles. The lowest BCUT2D eigenvalue weighted by Crippen LogP contribution is -2.09. The van der Waals surface area contributed by atoms with Crippen molar-refractivity contribution in [1.82, 2.24) is 4.57 Å². The number of hydrogen-bond acceptors (Lipinski definition) is 2. The van der Waals surface area contributed by atoms with Crippen molar-refractivity contribution in [3.05, 3.63) is 267 Å². The summed E-state index contributed by atoms with van der Waals surface area (Å²) in [4.78, 5) is 2.34. The van der Waals surface area contributed by atoms with Crippen LogP contribution in [0.15, 0.2) is 271 Å². The van der Waals surface area contributed by atoms with Gasteiger partial charge in [0.2, 0.25) is 0 Å². The van der Waals surface area contributed by atoms with Crippen molar-refractivity contribution in [3.63, 3.8) is 0 Å². The number of rotatable bonds is 9. The number of anilines is 3. The fraction of sp³-hybridized carbons (Fsp3) is 0. The van der Waals surface area contributed by atoms with Crippen LogP contribution in [-0.4, -0.2) is 4.57 Å². The number of hydrogen-bond donors (Lipinski definition) is 0. The van der Waals surface area contributed by atoms with Gasteiger partial charge in [-0.25, -0.2) is 0 Å². The first kappa shape index (κ1) is 40.1. The minimum atomic E-state index is 0.901.